The van der Waals surface area contributed by atoms with E-state index in [1.165, 1.54) is 70.6 Å². The first-order chi connectivity index (χ1) is 48.2. The Morgan fingerprint density at radius 3 is 0.919 bits per heavy atom. The van der Waals surface area contributed by atoms with Gasteiger partial charge in [0.1, 0.15) is 25.4 Å². The minimum Gasteiger partial charge on any atom is -0.463 e. The highest BCUT2D eigenvalue weighted by Gasteiger charge is 2.29. The smallest absolute Gasteiger partial charge is 0.463 e. The van der Waals surface area contributed by atoms with Gasteiger partial charge in [-0.1, -0.05) is 281 Å². The Bertz CT molecular complexity index is 2430. The van der Waals surface area contributed by atoms with Crippen molar-refractivity contribution < 1.29 is 75.8 Å². The van der Waals surface area contributed by atoms with Crippen LogP contribution < -0.4 is 0 Å². The molecule has 0 aromatic heterocycles. The zero-order valence-electron chi connectivity index (χ0n) is 61.4. The van der Waals surface area contributed by atoms with Crippen LogP contribution in [-0.2, 0) is 55.8 Å². The number of aliphatic hydroxyl groups is 2. The van der Waals surface area contributed by atoms with E-state index in [2.05, 4.69) is 161 Å². The summed E-state index contributed by atoms with van der Waals surface area (Å²) in [6, 6.07) is 0. The number of unbranched alkanes of at least 4 members (excludes halogenated alkanes) is 21. The monoisotopic (exact) mass is 1420 g/mol. The molecule has 0 amide bonds. The third kappa shape index (κ3) is 74.2. The van der Waals surface area contributed by atoms with Gasteiger partial charge in [0, 0.05) is 19.3 Å². The molecule has 0 saturated heterocycles. The number of rotatable bonds is 70. The fourth-order valence-corrected chi connectivity index (χ4v) is 11.1. The molecule has 0 rings (SSSR count). The van der Waals surface area contributed by atoms with Gasteiger partial charge < -0.3 is 34.2 Å². The number of phosphoric acid groups is 2. The molecular weight excluding hydrogens is 1290 g/mol. The topological polar surface area (TPSA) is 231 Å². The lowest BCUT2D eigenvalue weighted by molar-refractivity contribution is -0.161. The summed E-state index contributed by atoms with van der Waals surface area (Å²) in [5, 5.41) is 20.6. The van der Waals surface area contributed by atoms with E-state index in [4.69, 9.17) is 32.3 Å². The quantitative estimate of drug-likeness (QED) is 0.0146. The molecule has 0 aromatic rings. The van der Waals surface area contributed by atoms with E-state index in [-0.39, 0.29) is 19.3 Å². The normalized spacial score (nSPS) is 14.9. The molecule has 18 heteroatoms. The summed E-state index contributed by atoms with van der Waals surface area (Å²) in [4.78, 5) is 58.5. The number of esters is 3. The standard InChI is InChI=1S/C81H134O16P2/c1-4-7-10-13-16-19-22-25-28-30-32-33-34-35-36-37-38-39-40-41-43-45-47-49-52-55-58-61-64-67-79(84)91-70-76(82)71-93-98(87,88)94-72-77(83)73-95-99(89,90)96-75-78(97-81(86)69-66-63-60-57-54-51-46-27-24-21-18-15-12-9-6-3)74-92-80(85)68-65-62-59-56-53-50-48-44-42-31-29-26-23-20-17-14-11-8-5-2/h7-8,10-11,16-17,19-20,25-29,32-33,35-36,38-39,42,44,46,50,53,59,62,76-78,82-83H,4-6,9,12-15,18,21-24,30-31,34,37,40-41,43,45,47-49,51-52,54-58,60-61,63-75H2,1-3H3,(H,87,88)(H,89,90)/b10-7-,11-8-,19-16-,20-17-,28-25-,29-26-,33-32-,36-35-,39-38-,44-42-,46-27-,53-50-,62-59-. The average molecular weight is 1430 g/mol. The SMILES string of the molecule is CC/C=C\C/C=C\C/C=C\C/C=C\C/C=C\C/C=C\CCCCCCCCCCCCC(=O)OCC(O)COP(=O)(O)OCC(O)COP(=O)(O)OCC(COC(=O)CC/C=C\C/C=C\C/C=C\C/C=C\C/C=C\C/C=C\CC)OC(=O)CCCCCCC/C=C\CCCCCCCC. The van der Waals surface area contributed by atoms with Crippen molar-refractivity contribution in [2.24, 2.45) is 0 Å². The van der Waals surface area contributed by atoms with Gasteiger partial charge in [-0.2, -0.15) is 0 Å². The van der Waals surface area contributed by atoms with Gasteiger partial charge in [0.15, 0.2) is 6.10 Å². The van der Waals surface area contributed by atoms with Crippen LogP contribution in [0.2, 0.25) is 0 Å². The molecule has 0 aliphatic carbocycles. The Morgan fingerprint density at radius 2 is 0.556 bits per heavy atom. The van der Waals surface area contributed by atoms with Crippen molar-refractivity contribution in [2.75, 3.05) is 39.6 Å². The molecule has 0 bridgehead atoms. The van der Waals surface area contributed by atoms with Crippen molar-refractivity contribution in [1.82, 2.24) is 0 Å². The van der Waals surface area contributed by atoms with Crippen LogP contribution in [0.15, 0.2) is 158 Å². The summed E-state index contributed by atoms with van der Waals surface area (Å²) in [5.74, 6) is -1.69. The third-order valence-electron chi connectivity index (χ3n) is 15.2. The molecule has 0 radical (unpaired) electrons. The number of carbonyl (C=O) groups excluding carboxylic acids is 3. The molecule has 0 fully saturated rings. The number of ether oxygens (including phenoxy) is 3. The summed E-state index contributed by atoms with van der Waals surface area (Å²) in [5.41, 5.74) is 0. The van der Waals surface area contributed by atoms with Crippen LogP contribution in [0.1, 0.15) is 278 Å². The lowest BCUT2D eigenvalue weighted by Gasteiger charge is -2.21. The third-order valence-corrected chi connectivity index (χ3v) is 17.1. The van der Waals surface area contributed by atoms with E-state index in [9.17, 15) is 43.5 Å². The van der Waals surface area contributed by atoms with Crippen LogP contribution in [0.25, 0.3) is 0 Å². The Labute approximate surface area is 600 Å². The number of hydrogen-bond acceptors (Lipinski definition) is 14. The van der Waals surface area contributed by atoms with Gasteiger partial charge in [0.25, 0.3) is 0 Å². The van der Waals surface area contributed by atoms with E-state index in [1.807, 2.05) is 18.2 Å². The highest BCUT2D eigenvalue weighted by molar-refractivity contribution is 7.47. The molecule has 0 saturated carbocycles. The predicted molar refractivity (Wildman–Crippen MR) is 408 cm³/mol. The van der Waals surface area contributed by atoms with Crippen molar-refractivity contribution in [3.63, 3.8) is 0 Å². The van der Waals surface area contributed by atoms with Crippen molar-refractivity contribution in [3.8, 4) is 0 Å². The first-order valence-corrected chi connectivity index (χ1v) is 40.8. The number of hydrogen-bond donors (Lipinski definition) is 4. The van der Waals surface area contributed by atoms with E-state index < -0.39 is 91.5 Å². The average Bonchev–Trinajstić information content (AvgIpc) is 1.73. The molecule has 4 N–H and O–H groups in total. The maximum Gasteiger partial charge on any atom is 0.472 e. The summed E-state index contributed by atoms with van der Waals surface area (Å²) in [6.45, 7) is 2.33. The minimum atomic E-state index is -4.95. The fraction of sp³-hybridized carbons (Fsp3) is 0.642. The number of phosphoric ester groups is 2. The van der Waals surface area contributed by atoms with Crippen molar-refractivity contribution >= 4 is 33.6 Å². The highest BCUT2D eigenvalue weighted by Crippen LogP contribution is 2.45. The largest absolute Gasteiger partial charge is 0.472 e. The molecule has 564 valence electrons. The Kier molecular flexibility index (Phi) is 69.4. The molecule has 99 heavy (non-hydrogen) atoms. The van der Waals surface area contributed by atoms with Gasteiger partial charge in [0.05, 0.1) is 26.4 Å². The Balaban J connectivity index is 4.60. The summed E-state index contributed by atoms with van der Waals surface area (Å²) in [6.07, 6.45) is 90.2. The lowest BCUT2D eigenvalue weighted by Crippen LogP contribution is -2.30. The molecule has 5 unspecified atom stereocenters. The van der Waals surface area contributed by atoms with Gasteiger partial charge in [-0.15, -0.1) is 0 Å². The molecule has 5 atom stereocenters. The van der Waals surface area contributed by atoms with Crippen LogP contribution in [-0.4, -0.2) is 95.9 Å². The van der Waals surface area contributed by atoms with Crippen LogP contribution in [0.3, 0.4) is 0 Å². The second-order valence-corrected chi connectivity index (χ2v) is 27.6. The molecule has 0 aromatic carbocycles. The van der Waals surface area contributed by atoms with Crippen LogP contribution in [0, 0.1) is 0 Å². The zero-order chi connectivity index (χ0) is 72.3. The predicted octanol–water partition coefficient (Wildman–Crippen LogP) is 21.9. The first-order valence-electron chi connectivity index (χ1n) is 37.8. The molecule has 0 spiro atoms. The van der Waals surface area contributed by atoms with Crippen molar-refractivity contribution in [3.05, 3.63) is 158 Å². The summed E-state index contributed by atoms with van der Waals surface area (Å²) in [7, 11) is -9.82. The lowest BCUT2D eigenvalue weighted by atomic mass is 10.1. The number of allylic oxidation sites excluding steroid dienone is 26. The van der Waals surface area contributed by atoms with Crippen LogP contribution >= 0.6 is 15.6 Å². The maximum atomic E-state index is 12.9. The molecular formula is C81H134O16P2. The second-order valence-electron chi connectivity index (χ2n) is 24.7. The molecule has 0 aliphatic rings. The van der Waals surface area contributed by atoms with Crippen LogP contribution in [0.5, 0.6) is 0 Å². The number of aliphatic hydroxyl groups excluding tert-OH is 2. The first kappa shape index (κ1) is 94.2. The van der Waals surface area contributed by atoms with Crippen molar-refractivity contribution in [1.29, 1.82) is 0 Å². The summed E-state index contributed by atoms with van der Waals surface area (Å²) < 4.78 is 60.9. The number of carbonyl (C=O) groups is 3. The highest BCUT2D eigenvalue weighted by atomic mass is 31.2. The minimum absolute atomic E-state index is 0.0397. The van der Waals surface area contributed by atoms with Gasteiger partial charge in [0.2, 0.25) is 0 Å². The zero-order valence-corrected chi connectivity index (χ0v) is 63.1. The Morgan fingerprint density at radius 1 is 0.293 bits per heavy atom. The van der Waals surface area contributed by atoms with Gasteiger partial charge in [-0.3, -0.25) is 32.5 Å². The molecule has 0 heterocycles. The fourth-order valence-electron chi connectivity index (χ4n) is 9.54. The van der Waals surface area contributed by atoms with Gasteiger partial charge in [-0.25, -0.2) is 9.13 Å². The summed E-state index contributed by atoms with van der Waals surface area (Å²) >= 11 is 0. The molecule has 16 nitrogen and oxygen atoms in total. The molecule has 0 aliphatic heterocycles. The van der Waals surface area contributed by atoms with E-state index in [0.717, 1.165) is 141 Å². The second kappa shape index (κ2) is 72.9. The van der Waals surface area contributed by atoms with E-state index in [0.29, 0.717) is 25.7 Å². The van der Waals surface area contributed by atoms with Crippen molar-refractivity contribution in [2.45, 2.75) is 296 Å². The van der Waals surface area contributed by atoms with Crippen LogP contribution in [0.4, 0.5) is 0 Å². The van der Waals surface area contributed by atoms with Gasteiger partial charge in [-0.05, 0) is 135 Å². The van der Waals surface area contributed by atoms with E-state index in [1.54, 1.807) is 0 Å². The Hall–Kier alpha value is -4.83. The van der Waals surface area contributed by atoms with Gasteiger partial charge >= 0.3 is 33.6 Å². The maximum absolute atomic E-state index is 12.9. The van der Waals surface area contributed by atoms with E-state index >= 15 is 0 Å².